The van der Waals surface area contributed by atoms with E-state index in [1.165, 1.54) is 14.2 Å². The highest BCUT2D eigenvalue weighted by Crippen LogP contribution is 2.44. The maximum absolute atomic E-state index is 14.2. The molecule has 390 valence electrons. The van der Waals surface area contributed by atoms with E-state index in [-0.39, 0.29) is 53.9 Å². The van der Waals surface area contributed by atoms with E-state index in [1.807, 2.05) is 65.6 Å². The second-order valence-corrected chi connectivity index (χ2v) is 23.0. The number of carbonyl (C=O) groups is 4. The number of anilines is 5. The molecule has 6 N–H and O–H groups in total. The number of amides is 3. The predicted octanol–water partition coefficient (Wildman–Crippen LogP) is 8.72. The van der Waals surface area contributed by atoms with E-state index in [0.717, 1.165) is 41.1 Å². The van der Waals surface area contributed by atoms with E-state index in [0.29, 0.717) is 88.1 Å². The van der Waals surface area contributed by atoms with E-state index in [9.17, 15) is 29.4 Å². The Bertz CT molecular complexity index is 2940. The second kappa shape index (κ2) is 22.5. The third-order valence-corrected chi connectivity index (χ3v) is 17.2. The van der Waals surface area contributed by atoms with Crippen LogP contribution in [0.25, 0.3) is 0 Å². The molecule has 4 aliphatic heterocycles. The summed E-state index contributed by atoms with van der Waals surface area (Å²) in [6.45, 7) is 8.12. The van der Waals surface area contributed by atoms with Gasteiger partial charge in [-0.2, -0.15) is 0 Å². The molecule has 5 atom stereocenters. The summed E-state index contributed by atoms with van der Waals surface area (Å²) in [5, 5.41) is 35.6. The number of para-hydroxylation sites is 2. The molecule has 16 nitrogen and oxygen atoms in total. The summed E-state index contributed by atoms with van der Waals surface area (Å²) in [4.78, 5) is 56.3. The van der Waals surface area contributed by atoms with Gasteiger partial charge in [-0.1, -0.05) is 58.0 Å². The Morgan fingerprint density at radius 1 is 0.797 bits per heavy atom. The van der Waals surface area contributed by atoms with Crippen LogP contribution in [0.15, 0.2) is 91.0 Å². The molecule has 5 aromatic carbocycles. The lowest BCUT2D eigenvalue weighted by atomic mass is 10.1. The van der Waals surface area contributed by atoms with E-state index >= 15 is 0 Å². The first-order valence-electron chi connectivity index (χ1n) is 25.0. The quantitative estimate of drug-likeness (QED) is 0.0231. The van der Waals surface area contributed by atoms with Crippen LogP contribution in [0.4, 0.5) is 28.4 Å². The zero-order chi connectivity index (χ0) is 52.3. The number of carbonyl (C=O) groups excluding carboxylic acids is 4. The topological polar surface area (TPSA) is 200 Å². The Kier molecular flexibility index (Phi) is 15.9. The summed E-state index contributed by atoms with van der Waals surface area (Å²) < 4.78 is 24.4. The molecule has 2 unspecified atom stereocenters. The van der Waals surface area contributed by atoms with Gasteiger partial charge in [0.2, 0.25) is 5.91 Å². The maximum Gasteiger partial charge on any atom is 0.260 e. The number of hydrogen-bond acceptors (Lipinski definition) is 15. The van der Waals surface area contributed by atoms with Crippen LogP contribution in [-0.4, -0.2) is 95.6 Å². The first-order chi connectivity index (χ1) is 35.6. The number of methoxy groups -OCH3 is 2. The molecule has 0 spiro atoms. The van der Waals surface area contributed by atoms with Gasteiger partial charge in [0.25, 0.3) is 11.8 Å². The van der Waals surface area contributed by atoms with Crippen molar-refractivity contribution in [1.29, 1.82) is 0 Å². The maximum atomic E-state index is 14.2. The summed E-state index contributed by atoms with van der Waals surface area (Å²) in [6.07, 6.45) is 1.26. The van der Waals surface area contributed by atoms with Gasteiger partial charge in [-0.15, -0.1) is 0 Å². The lowest BCUT2D eigenvalue weighted by molar-refractivity contribution is -0.122. The Balaban J connectivity index is 0.929. The molecule has 18 heteroatoms. The number of rotatable bonds is 21. The zero-order valence-electron chi connectivity index (χ0n) is 42.5. The van der Waals surface area contributed by atoms with Gasteiger partial charge in [-0.3, -0.25) is 14.4 Å². The highest BCUT2D eigenvalue weighted by molar-refractivity contribution is 8.77. The Hall–Kier alpha value is -6.60. The van der Waals surface area contributed by atoms with Crippen LogP contribution in [-0.2, 0) is 35.6 Å². The van der Waals surface area contributed by atoms with Crippen LogP contribution in [0.3, 0.4) is 0 Å². The van der Waals surface area contributed by atoms with Crippen molar-refractivity contribution < 1.29 is 48.3 Å². The van der Waals surface area contributed by atoms with E-state index in [4.69, 9.17) is 18.9 Å². The molecule has 5 aromatic rings. The molecular formula is C56H64N6O10S2. The standard InChI is InChI=1S/C56H64N6O10S2/c1-32(63)12-11-19-73-74-56(3,4)18-17-51(64)58-33(2)52(65)59-38-21-34(30-71-49-27-42-40(25-47(49)69-5)54(67)61-39(29-57-42)23-36-13-7-9-15-44(36)61)20-35(22-38)31-72-50-28-43-41(26-48(50)70-6)55(68)62-45-16-10-8-14-37(45)24-46(62)53(66)60-43/h7-10,13-16,20-22,25-28,33,39,46,52-53,57,59-60,65-66H,11-12,17-19,23-24,29-31H2,1-6H3,(H,58,64)/t33-,39-,46-,52?,53?/m0/s1. The third-order valence-electron chi connectivity index (χ3n) is 13.8. The van der Waals surface area contributed by atoms with Gasteiger partial charge in [0, 0.05) is 59.1 Å². The second-order valence-electron chi connectivity index (χ2n) is 19.8. The molecule has 0 saturated carbocycles. The number of Topliss-reactive ketones (excluding diaryl/α,β-unsaturated/α-hetero) is 1. The van der Waals surface area contributed by atoms with Crippen LogP contribution < -0.4 is 50.0 Å². The van der Waals surface area contributed by atoms with Gasteiger partial charge >= 0.3 is 0 Å². The molecule has 0 aromatic heterocycles. The van der Waals surface area contributed by atoms with E-state index < -0.39 is 24.5 Å². The molecule has 9 rings (SSSR count). The lowest BCUT2D eigenvalue weighted by Gasteiger charge is -2.26. The van der Waals surface area contributed by atoms with Crippen LogP contribution in [0, 0.1) is 0 Å². The summed E-state index contributed by atoms with van der Waals surface area (Å²) in [5.74, 6) is 1.89. The molecule has 0 saturated heterocycles. The number of aliphatic hydroxyl groups is 2. The number of nitrogens with one attached hydrogen (secondary N) is 4. The predicted molar refractivity (Wildman–Crippen MR) is 291 cm³/mol. The highest BCUT2D eigenvalue weighted by Gasteiger charge is 2.42. The van der Waals surface area contributed by atoms with E-state index in [2.05, 4.69) is 41.2 Å². The number of nitrogens with zero attached hydrogens (tertiary/aromatic N) is 2. The summed E-state index contributed by atoms with van der Waals surface area (Å²) >= 11 is 0. The number of ketones is 1. The van der Waals surface area contributed by atoms with Gasteiger partial charge in [0.15, 0.2) is 23.0 Å². The van der Waals surface area contributed by atoms with Crippen molar-refractivity contribution in [3.05, 3.63) is 124 Å². The largest absolute Gasteiger partial charge is 0.493 e. The summed E-state index contributed by atoms with van der Waals surface area (Å²) in [7, 11) is 6.45. The van der Waals surface area contributed by atoms with Crippen molar-refractivity contribution >= 4 is 73.5 Å². The van der Waals surface area contributed by atoms with Gasteiger partial charge < -0.3 is 65.0 Å². The van der Waals surface area contributed by atoms with Crippen molar-refractivity contribution in [3.8, 4) is 23.0 Å². The van der Waals surface area contributed by atoms with Crippen LogP contribution in [0.1, 0.15) is 96.3 Å². The highest BCUT2D eigenvalue weighted by atomic mass is 33.1. The average molecular weight is 1050 g/mol. The summed E-state index contributed by atoms with van der Waals surface area (Å²) in [6, 6.07) is 26.7. The average Bonchev–Trinajstić information content (AvgIpc) is 3.91. The van der Waals surface area contributed by atoms with Crippen LogP contribution in [0.5, 0.6) is 23.0 Å². The van der Waals surface area contributed by atoms with Crippen LogP contribution >= 0.6 is 21.6 Å². The molecular weight excluding hydrogens is 981 g/mol. The first-order valence-corrected chi connectivity index (χ1v) is 27.3. The molecule has 4 heterocycles. The monoisotopic (exact) mass is 1040 g/mol. The molecule has 0 fully saturated rings. The normalized spacial score (nSPS) is 18.1. The van der Waals surface area contributed by atoms with Crippen molar-refractivity contribution in [3.63, 3.8) is 0 Å². The van der Waals surface area contributed by atoms with Crippen molar-refractivity contribution in [1.82, 2.24) is 5.32 Å². The number of fused-ring (bicyclic) bond motifs is 8. The van der Waals surface area contributed by atoms with Crippen molar-refractivity contribution in [2.24, 2.45) is 0 Å². The Morgan fingerprint density at radius 3 is 2.04 bits per heavy atom. The van der Waals surface area contributed by atoms with Gasteiger partial charge in [-0.05, 0) is 118 Å². The summed E-state index contributed by atoms with van der Waals surface area (Å²) in [5.41, 5.74) is 7.49. The third kappa shape index (κ3) is 11.5. The molecule has 3 amide bonds. The Labute approximate surface area is 439 Å². The van der Waals surface area contributed by atoms with Crippen molar-refractivity contribution in [2.45, 2.75) is 115 Å². The molecule has 0 aliphatic carbocycles. The zero-order valence-corrected chi connectivity index (χ0v) is 44.1. The number of benzene rings is 5. The minimum atomic E-state index is -1.19. The Morgan fingerprint density at radius 2 is 1.39 bits per heavy atom. The first kappa shape index (κ1) is 52.3. The van der Waals surface area contributed by atoms with E-state index in [1.54, 1.807) is 64.6 Å². The number of hydrogen-bond donors (Lipinski definition) is 6. The SMILES string of the molecule is COc1cc2c(cc1OCc1cc(COc3cc4c(cc3OC)C(=O)N3c5ccccc5C[C@H]3C(O)N4)cc(NC(O)[C@H](C)NC(=O)CCC(C)(C)SSCCCC(C)=O)c1)NC[C@@H]1Cc3ccccc3N1C2=O. The van der Waals surface area contributed by atoms with Gasteiger partial charge in [0.05, 0.1) is 54.8 Å². The fourth-order valence-corrected chi connectivity index (χ4v) is 12.6. The number of aliphatic hydroxyl groups excluding tert-OH is 2. The van der Waals surface area contributed by atoms with Crippen LogP contribution in [0.2, 0.25) is 0 Å². The number of ether oxygens (including phenoxy) is 4. The molecule has 74 heavy (non-hydrogen) atoms. The molecule has 0 radical (unpaired) electrons. The lowest BCUT2D eigenvalue weighted by Crippen LogP contribution is -2.45. The van der Waals surface area contributed by atoms with Crippen molar-refractivity contribution in [2.75, 3.05) is 52.3 Å². The minimum absolute atomic E-state index is 0.0104. The fourth-order valence-electron chi connectivity index (χ4n) is 9.93. The molecule has 0 bridgehead atoms. The van der Waals surface area contributed by atoms with Gasteiger partial charge in [-0.25, -0.2) is 0 Å². The fraction of sp³-hybridized carbons (Fsp3) is 0.393. The smallest absolute Gasteiger partial charge is 0.260 e. The molecule has 4 aliphatic rings. The minimum Gasteiger partial charge on any atom is -0.493 e. The van der Waals surface area contributed by atoms with Gasteiger partial charge in [0.1, 0.15) is 31.5 Å².